The molecule has 0 bridgehead atoms. The summed E-state index contributed by atoms with van der Waals surface area (Å²) < 4.78 is 6.14. The average molecular weight is 316 g/mol. The number of ether oxygens (including phenoxy) is 1. The lowest BCUT2D eigenvalue weighted by atomic mass is 10.3. The Morgan fingerprint density at radius 1 is 1.22 bits per heavy atom. The van der Waals surface area contributed by atoms with Gasteiger partial charge in [-0.3, -0.25) is 10.2 Å². The summed E-state index contributed by atoms with van der Waals surface area (Å²) in [5, 5.41) is 2.47. The molecule has 1 aromatic rings. The molecule has 6 nitrogen and oxygen atoms in total. The van der Waals surface area contributed by atoms with Crippen molar-refractivity contribution in [3.63, 3.8) is 0 Å². The summed E-state index contributed by atoms with van der Waals surface area (Å²) in [6, 6.07) is 6.61. The molecule has 0 atom stereocenters. The van der Waals surface area contributed by atoms with E-state index < -0.39 is 11.9 Å². The summed E-state index contributed by atoms with van der Waals surface area (Å²) in [7, 11) is 0. The van der Waals surface area contributed by atoms with E-state index in [2.05, 4.69) is 32.1 Å². The van der Waals surface area contributed by atoms with E-state index in [0.29, 0.717) is 12.3 Å². The molecule has 18 heavy (non-hydrogen) atoms. The van der Waals surface area contributed by atoms with E-state index in [1.54, 1.807) is 31.2 Å². The molecule has 1 aromatic carbocycles. The Balaban J connectivity index is 2.24. The van der Waals surface area contributed by atoms with Gasteiger partial charge in [0.25, 0.3) is 5.91 Å². The van der Waals surface area contributed by atoms with Crippen LogP contribution in [0.15, 0.2) is 28.7 Å². The molecule has 0 aliphatic rings. The van der Waals surface area contributed by atoms with Crippen molar-refractivity contribution in [3.05, 3.63) is 28.7 Å². The predicted octanol–water partition coefficient (Wildman–Crippen LogP) is 1.18. The zero-order valence-electron chi connectivity index (χ0n) is 9.83. The van der Waals surface area contributed by atoms with Crippen molar-refractivity contribution in [2.75, 3.05) is 13.2 Å². The Kier molecular flexibility index (Phi) is 5.99. The smallest absolute Gasteiger partial charge is 0.333 e. The summed E-state index contributed by atoms with van der Waals surface area (Å²) in [6.45, 7) is 2.09. The highest BCUT2D eigenvalue weighted by Crippen LogP contribution is 2.15. The molecule has 0 aliphatic heterocycles. The normalized spacial score (nSPS) is 9.44. The van der Waals surface area contributed by atoms with Crippen molar-refractivity contribution >= 4 is 27.9 Å². The molecule has 0 aromatic heterocycles. The number of urea groups is 1. The Morgan fingerprint density at radius 3 is 2.50 bits per heavy atom. The van der Waals surface area contributed by atoms with Gasteiger partial charge in [0.2, 0.25) is 0 Å². The minimum absolute atomic E-state index is 0.173. The number of benzene rings is 1. The van der Waals surface area contributed by atoms with Gasteiger partial charge in [-0.1, -0.05) is 15.9 Å². The number of rotatable bonds is 4. The van der Waals surface area contributed by atoms with Crippen LogP contribution >= 0.6 is 15.9 Å². The highest BCUT2D eigenvalue weighted by Gasteiger charge is 2.04. The molecule has 0 unspecified atom stereocenters. The van der Waals surface area contributed by atoms with Crippen molar-refractivity contribution in [1.82, 2.24) is 16.2 Å². The first kappa shape index (κ1) is 14.3. The van der Waals surface area contributed by atoms with E-state index >= 15 is 0 Å². The molecule has 3 amide bonds. The SMILES string of the molecule is CCNC(=O)NNC(=O)COc1ccc(Br)cc1. The van der Waals surface area contributed by atoms with Crippen molar-refractivity contribution < 1.29 is 14.3 Å². The zero-order chi connectivity index (χ0) is 13.4. The predicted molar refractivity (Wildman–Crippen MR) is 70.0 cm³/mol. The van der Waals surface area contributed by atoms with Crippen molar-refractivity contribution in [1.29, 1.82) is 0 Å². The highest BCUT2D eigenvalue weighted by atomic mass is 79.9. The fraction of sp³-hybridized carbons (Fsp3) is 0.273. The Hall–Kier alpha value is -1.76. The van der Waals surface area contributed by atoms with Gasteiger partial charge in [-0.05, 0) is 31.2 Å². The number of nitrogens with one attached hydrogen (secondary N) is 3. The molecule has 0 saturated heterocycles. The summed E-state index contributed by atoms with van der Waals surface area (Å²) in [5.74, 6) is 0.135. The van der Waals surface area contributed by atoms with Crippen LogP contribution in [0.1, 0.15) is 6.92 Å². The number of hydrogen-bond acceptors (Lipinski definition) is 3. The van der Waals surface area contributed by atoms with E-state index in [0.717, 1.165) is 4.47 Å². The summed E-state index contributed by atoms with van der Waals surface area (Å²) in [4.78, 5) is 22.3. The highest BCUT2D eigenvalue weighted by molar-refractivity contribution is 9.10. The minimum atomic E-state index is -0.463. The Morgan fingerprint density at radius 2 is 1.89 bits per heavy atom. The molecular formula is C11H14BrN3O3. The summed E-state index contributed by atoms with van der Waals surface area (Å²) >= 11 is 3.29. The van der Waals surface area contributed by atoms with Crippen LogP contribution in [0.3, 0.4) is 0 Å². The van der Waals surface area contributed by atoms with Gasteiger partial charge >= 0.3 is 6.03 Å². The maximum absolute atomic E-state index is 11.3. The fourth-order valence-corrected chi connectivity index (χ4v) is 1.31. The summed E-state index contributed by atoms with van der Waals surface area (Å²) in [5.41, 5.74) is 4.41. The van der Waals surface area contributed by atoms with Crippen LogP contribution in [0.2, 0.25) is 0 Å². The van der Waals surface area contributed by atoms with Gasteiger partial charge in [0.05, 0.1) is 0 Å². The number of hydrogen-bond donors (Lipinski definition) is 3. The molecule has 0 radical (unpaired) electrons. The molecule has 0 aliphatic carbocycles. The molecule has 0 heterocycles. The van der Waals surface area contributed by atoms with E-state index in [4.69, 9.17) is 4.74 Å². The van der Waals surface area contributed by atoms with Gasteiger partial charge in [0.15, 0.2) is 6.61 Å². The molecule has 7 heteroatoms. The minimum Gasteiger partial charge on any atom is -0.484 e. The standard InChI is InChI=1S/C11H14BrN3O3/c1-2-13-11(17)15-14-10(16)7-18-9-5-3-8(12)4-6-9/h3-6H,2,7H2,1H3,(H,14,16)(H2,13,15,17). The third-order valence-electron chi connectivity index (χ3n) is 1.84. The van der Waals surface area contributed by atoms with Gasteiger partial charge in [-0.2, -0.15) is 0 Å². The lowest BCUT2D eigenvalue weighted by molar-refractivity contribution is -0.123. The monoisotopic (exact) mass is 315 g/mol. The zero-order valence-corrected chi connectivity index (χ0v) is 11.4. The van der Waals surface area contributed by atoms with Crippen LogP contribution in [0.25, 0.3) is 0 Å². The van der Waals surface area contributed by atoms with Crippen molar-refractivity contribution in [3.8, 4) is 5.75 Å². The van der Waals surface area contributed by atoms with Crippen LogP contribution < -0.4 is 20.9 Å². The second-order valence-electron chi connectivity index (χ2n) is 3.28. The third-order valence-corrected chi connectivity index (χ3v) is 2.37. The number of hydrazine groups is 1. The number of carbonyl (C=O) groups is 2. The average Bonchev–Trinajstić information content (AvgIpc) is 2.36. The van der Waals surface area contributed by atoms with Gasteiger partial charge in [0, 0.05) is 11.0 Å². The molecule has 3 N–H and O–H groups in total. The second kappa shape index (κ2) is 7.54. The van der Waals surface area contributed by atoms with Crippen LogP contribution in [0.4, 0.5) is 4.79 Å². The molecule has 0 spiro atoms. The first-order valence-corrected chi connectivity index (χ1v) is 6.12. The molecule has 98 valence electrons. The first-order valence-electron chi connectivity index (χ1n) is 5.33. The van der Waals surface area contributed by atoms with Gasteiger partial charge < -0.3 is 10.1 Å². The quantitative estimate of drug-likeness (QED) is 0.730. The number of amides is 3. The first-order chi connectivity index (χ1) is 8.61. The molecule has 0 fully saturated rings. The third kappa shape index (κ3) is 5.53. The van der Waals surface area contributed by atoms with Crippen molar-refractivity contribution in [2.24, 2.45) is 0 Å². The van der Waals surface area contributed by atoms with E-state index in [1.165, 1.54) is 0 Å². The van der Waals surface area contributed by atoms with Crippen LogP contribution in [0.5, 0.6) is 5.75 Å². The number of halogens is 1. The van der Waals surface area contributed by atoms with Gasteiger partial charge in [-0.25, -0.2) is 10.2 Å². The van der Waals surface area contributed by atoms with Crippen LogP contribution in [-0.2, 0) is 4.79 Å². The maximum atomic E-state index is 11.3. The van der Waals surface area contributed by atoms with Crippen LogP contribution in [-0.4, -0.2) is 25.1 Å². The van der Waals surface area contributed by atoms with E-state index in [1.807, 2.05) is 0 Å². The Labute approximate surface area is 113 Å². The topological polar surface area (TPSA) is 79.5 Å². The lowest BCUT2D eigenvalue weighted by Gasteiger charge is -2.08. The lowest BCUT2D eigenvalue weighted by Crippen LogP contribution is -2.48. The van der Waals surface area contributed by atoms with E-state index in [-0.39, 0.29) is 6.61 Å². The largest absolute Gasteiger partial charge is 0.484 e. The summed E-state index contributed by atoms with van der Waals surface area (Å²) in [6.07, 6.45) is 0. The Bertz CT molecular complexity index is 408. The molecule has 0 saturated carbocycles. The molecule has 1 rings (SSSR count). The van der Waals surface area contributed by atoms with Crippen molar-refractivity contribution in [2.45, 2.75) is 6.92 Å². The maximum Gasteiger partial charge on any atom is 0.333 e. The number of carbonyl (C=O) groups excluding carboxylic acids is 2. The second-order valence-corrected chi connectivity index (χ2v) is 4.19. The van der Waals surface area contributed by atoms with Gasteiger partial charge in [-0.15, -0.1) is 0 Å². The fourth-order valence-electron chi connectivity index (χ4n) is 1.05. The van der Waals surface area contributed by atoms with Crippen LogP contribution in [0, 0.1) is 0 Å². The molecular weight excluding hydrogens is 302 g/mol. The van der Waals surface area contributed by atoms with E-state index in [9.17, 15) is 9.59 Å². The van der Waals surface area contributed by atoms with Gasteiger partial charge in [0.1, 0.15) is 5.75 Å².